The van der Waals surface area contributed by atoms with E-state index in [-0.39, 0.29) is 24.5 Å². The van der Waals surface area contributed by atoms with Crippen molar-refractivity contribution in [3.63, 3.8) is 0 Å². The standard InChI is InChI=1S/C13H22N2.ClH/c1-3-13(15)9-12-7-5-4-6-11(12)8-10(2)14;/h4-7,10,13H,3,8-9,14-15H2,1-2H3;1H. The third-order valence-corrected chi connectivity index (χ3v) is 2.67. The van der Waals surface area contributed by atoms with E-state index in [2.05, 4.69) is 31.2 Å². The zero-order chi connectivity index (χ0) is 11.3. The Balaban J connectivity index is 0.00000225. The van der Waals surface area contributed by atoms with Crippen LogP contribution in [0.1, 0.15) is 31.4 Å². The van der Waals surface area contributed by atoms with E-state index in [1.807, 2.05) is 6.92 Å². The van der Waals surface area contributed by atoms with Crippen LogP contribution in [0.5, 0.6) is 0 Å². The van der Waals surface area contributed by atoms with Gasteiger partial charge in [-0.2, -0.15) is 0 Å². The molecule has 2 unspecified atom stereocenters. The molecule has 92 valence electrons. The van der Waals surface area contributed by atoms with Gasteiger partial charge in [-0.15, -0.1) is 12.4 Å². The summed E-state index contributed by atoms with van der Waals surface area (Å²) in [7, 11) is 0. The molecule has 0 heterocycles. The third-order valence-electron chi connectivity index (χ3n) is 2.67. The lowest BCUT2D eigenvalue weighted by Gasteiger charge is -2.14. The van der Waals surface area contributed by atoms with Gasteiger partial charge in [0, 0.05) is 12.1 Å². The van der Waals surface area contributed by atoms with Crippen molar-refractivity contribution in [3.05, 3.63) is 35.4 Å². The minimum absolute atomic E-state index is 0. The summed E-state index contributed by atoms with van der Waals surface area (Å²) in [6, 6.07) is 8.93. The second-order valence-corrected chi connectivity index (χ2v) is 4.32. The molecule has 0 saturated carbocycles. The summed E-state index contributed by atoms with van der Waals surface area (Å²) in [6.45, 7) is 4.16. The zero-order valence-corrected chi connectivity index (χ0v) is 11.0. The Morgan fingerprint density at radius 3 is 2.00 bits per heavy atom. The highest BCUT2D eigenvalue weighted by Gasteiger charge is 2.07. The fourth-order valence-electron chi connectivity index (χ4n) is 1.73. The van der Waals surface area contributed by atoms with E-state index in [1.54, 1.807) is 0 Å². The molecule has 16 heavy (non-hydrogen) atoms. The SMILES string of the molecule is CCC(N)Cc1ccccc1CC(C)N.Cl. The molecule has 0 aliphatic heterocycles. The lowest BCUT2D eigenvalue weighted by molar-refractivity contribution is 0.637. The van der Waals surface area contributed by atoms with Crippen LogP contribution < -0.4 is 11.5 Å². The Morgan fingerprint density at radius 1 is 1.06 bits per heavy atom. The molecular weight excluding hydrogens is 220 g/mol. The molecule has 0 bridgehead atoms. The van der Waals surface area contributed by atoms with Crippen molar-refractivity contribution in [2.45, 2.75) is 45.2 Å². The second kappa shape index (κ2) is 7.66. The fraction of sp³-hybridized carbons (Fsp3) is 0.538. The van der Waals surface area contributed by atoms with Crippen molar-refractivity contribution in [2.75, 3.05) is 0 Å². The molecule has 0 aliphatic carbocycles. The van der Waals surface area contributed by atoms with Crippen molar-refractivity contribution in [1.82, 2.24) is 0 Å². The quantitative estimate of drug-likeness (QED) is 0.833. The maximum Gasteiger partial charge on any atom is 0.00767 e. The molecule has 0 saturated heterocycles. The van der Waals surface area contributed by atoms with Crippen LogP contribution in [0, 0.1) is 0 Å². The second-order valence-electron chi connectivity index (χ2n) is 4.32. The average Bonchev–Trinajstić information content (AvgIpc) is 2.20. The Hall–Kier alpha value is -0.570. The van der Waals surface area contributed by atoms with Gasteiger partial charge >= 0.3 is 0 Å². The molecule has 2 nitrogen and oxygen atoms in total. The van der Waals surface area contributed by atoms with Gasteiger partial charge in [0.2, 0.25) is 0 Å². The zero-order valence-electron chi connectivity index (χ0n) is 10.1. The lowest BCUT2D eigenvalue weighted by atomic mass is 9.96. The number of hydrogen-bond donors (Lipinski definition) is 2. The van der Waals surface area contributed by atoms with Crippen LogP contribution in [-0.4, -0.2) is 12.1 Å². The van der Waals surface area contributed by atoms with Crippen molar-refractivity contribution in [1.29, 1.82) is 0 Å². The van der Waals surface area contributed by atoms with Crippen LogP contribution in [0.25, 0.3) is 0 Å². The predicted molar refractivity (Wildman–Crippen MR) is 73.0 cm³/mol. The third kappa shape index (κ3) is 4.97. The van der Waals surface area contributed by atoms with E-state index in [0.717, 1.165) is 19.3 Å². The molecule has 0 fully saturated rings. The summed E-state index contributed by atoms with van der Waals surface area (Å²) in [6.07, 6.45) is 2.92. The van der Waals surface area contributed by atoms with Gasteiger partial charge in [-0.25, -0.2) is 0 Å². The molecule has 0 amide bonds. The van der Waals surface area contributed by atoms with Crippen molar-refractivity contribution >= 4 is 12.4 Å². The Bertz CT molecular complexity index is 300. The van der Waals surface area contributed by atoms with Gasteiger partial charge in [0.1, 0.15) is 0 Å². The summed E-state index contributed by atoms with van der Waals surface area (Å²) in [4.78, 5) is 0. The Labute approximate surface area is 105 Å². The molecule has 2 atom stereocenters. The smallest absolute Gasteiger partial charge is 0.00767 e. The van der Waals surface area contributed by atoms with Gasteiger partial charge in [-0.3, -0.25) is 0 Å². The molecule has 3 heteroatoms. The van der Waals surface area contributed by atoms with Gasteiger partial charge in [0.05, 0.1) is 0 Å². The topological polar surface area (TPSA) is 52.0 Å². The largest absolute Gasteiger partial charge is 0.328 e. The summed E-state index contributed by atoms with van der Waals surface area (Å²) in [5, 5.41) is 0. The Morgan fingerprint density at radius 2 is 1.56 bits per heavy atom. The Kier molecular flexibility index (Phi) is 7.39. The van der Waals surface area contributed by atoms with Crippen LogP contribution in [0.4, 0.5) is 0 Å². The summed E-state index contributed by atoms with van der Waals surface area (Å²) in [5.74, 6) is 0. The van der Waals surface area contributed by atoms with Crippen LogP contribution in [0.2, 0.25) is 0 Å². The molecule has 0 radical (unpaired) electrons. The van der Waals surface area contributed by atoms with E-state index < -0.39 is 0 Å². The highest BCUT2D eigenvalue weighted by Crippen LogP contribution is 2.13. The molecule has 1 rings (SSSR count). The van der Waals surface area contributed by atoms with E-state index in [9.17, 15) is 0 Å². The molecule has 0 spiro atoms. The molecule has 0 aliphatic rings. The minimum Gasteiger partial charge on any atom is -0.328 e. The van der Waals surface area contributed by atoms with Crippen molar-refractivity contribution in [3.8, 4) is 0 Å². The minimum atomic E-state index is 0. The molecule has 0 aromatic heterocycles. The number of hydrogen-bond acceptors (Lipinski definition) is 2. The summed E-state index contributed by atoms with van der Waals surface area (Å²) < 4.78 is 0. The number of benzene rings is 1. The van der Waals surface area contributed by atoms with Gasteiger partial charge in [-0.05, 0) is 37.3 Å². The number of rotatable bonds is 5. The van der Waals surface area contributed by atoms with Crippen LogP contribution in [0.3, 0.4) is 0 Å². The van der Waals surface area contributed by atoms with E-state index in [4.69, 9.17) is 11.5 Å². The molecule has 1 aromatic rings. The first-order valence-corrected chi connectivity index (χ1v) is 5.71. The van der Waals surface area contributed by atoms with Crippen LogP contribution in [-0.2, 0) is 12.8 Å². The van der Waals surface area contributed by atoms with E-state index in [0.29, 0.717) is 0 Å². The first-order valence-electron chi connectivity index (χ1n) is 5.71. The maximum absolute atomic E-state index is 5.97. The molecular formula is C13H23ClN2. The van der Waals surface area contributed by atoms with E-state index >= 15 is 0 Å². The van der Waals surface area contributed by atoms with Gasteiger partial charge in [0.25, 0.3) is 0 Å². The highest BCUT2D eigenvalue weighted by molar-refractivity contribution is 5.85. The predicted octanol–water partition coefficient (Wildman–Crippen LogP) is 2.28. The van der Waals surface area contributed by atoms with Gasteiger partial charge in [-0.1, -0.05) is 31.2 Å². The van der Waals surface area contributed by atoms with Gasteiger partial charge < -0.3 is 11.5 Å². The van der Waals surface area contributed by atoms with E-state index in [1.165, 1.54) is 11.1 Å². The first-order chi connectivity index (χ1) is 7.13. The molecule has 1 aromatic carbocycles. The van der Waals surface area contributed by atoms with Crippen LogP contribution >= 0.6 is 12.4 Å². The molecule has 4 N–H and O–H groups in total. The van der Waals surface area contributed by atoms with Crippen molar-refractivity contribution < 1.29 is 0 Å². The first kappa shape index (κ1) is 15.4. The highest BCUT2D eigenvalue weighted by atomic mass is 35.5. The van der Waals surface area contributed by atoms with Crippen LogP contribution in [0.15, 0.2) is 24.3 Å². The lowest BCUT2D eigenvalue weighted by Crippen LogP contribution is -2.23. The monoisotopic (exact) mass is 242 g/mol. The summed E-state index contributed by atoms with van der Waals surface area (Å²) in [5.41, 5.74) is 14.5. The summed E-state index contributed by atoms with van der Waals surface area (Å²) >= 11 is 0. The average molecular weight is 243 g/mol. The van der Waals surface area contributed by atoms with Gasteiger partial charge in [0.15, 0.2) is 0 Å². The normalized spacial score (nSPS) is 14.0. The number of halogens is 1. The fourth-order valence-corrected chi connectivity index (χ4v) is 1.73. The number of nitrogens with two attached hydrogens (primary N) is 2. The van der Waals surface area contributed by atoms with Crippen molar-refractivity contribution in [2.24, 2.45) is 11.5 Å². The maximum atomic E-state index is 5.97.